The highest BCUT2D eigenvalue weighted by atomic mass is 16.4. The molecule has 0 heterocycles. The smallest absolute Gasteiger partial charge is 0.306 e. The Morgan fingerprint density at radius 3 is 0.510 bits per heavy atom. The number of hydrogen-bond acceptors (Lipinski definition) is 8. The highest BCUT2D eigenvalue weighted by Gasteiger charge is 2.26. The van der Waals surface area contributed by atoms with Gasteiger partial charge in [-0.05, 0) is 51.4 Å². The van der Waals surface area contributed by atoms with Crippen LogP contribution in [0.4, 0.5) is 0 Å². The minimum absolute atomic E-state index is 0.102. The van der Waals surface area contributed by atoms with Gasteiger partial charge in [0.1, 0.15) is 0 Å². The topological polar surface area (TPSA) is 230 Å². The molecule has 0 rings (SSSR count). The molecule has 0 atom stereocenters. The first-order valence-electron chi connectivity index (χ1n) is 18.5. The summed E-state index contributed by atoms with van der Waals surface area (Å²) >= 11 is 0. The standard InChI is InChI=1S/4C8H16O2.C5H12O4/c4*1-3-5-7(6-4-2)8(9)10;6-1-5(2-7,3-8)4-9/h4*7H,3-6H2,1-2H3,(H,9,10);6-9H,1-4H2. The Balaban J connectivity index is -0.000000165. The molecule has 0 aliphatic carbocycles. The largest absolute Gasteiger partial charge is 0.481 e. The van der Waals surface area contributed by atoms with Gasteiger partial charge in [0.2, 0.25) is 0 Å². The SMILES string of the molecule is CCCC(CCC)C(=O)O.CCCC(CCC)C(=O)O.CCCC(CCC)C(=O)O.CCCC(CCC)C(=O)O.OCC(CO)(CO)CO. The predicted molar refractivity (Wildman–Crippen MR) is 195 cm³/mol. The summed E-state index contributed by atoms with van der Waals surface area (Å²) in [6, 6.07) is 0. The fraction of sp³-hybridized carbons (Fsp3) is 0.892. The van der Waals surface area contributed by atoms with Crippen LogP contribution in [0.3, 0.4) is 0 Å². The number of aliphatic carboxylic acids is 4. The van der Waals surface area contributed by atoms with Crippen LogP contribution in [0.5, 0.6) is 0 Å². The molecule has 12 heteroatoms. The molecule has 0 aliphatic rings. The van der Waals surface area contributed by atoms with Gasteiger partial charge in [0.25, 0.3) is 0 Å². The van der Waals surface area contributed by atoms with Crippen molar-refractivity contribution in [2.45, 2.75) is 158 Å². The summed E-state index contributed by atoms with van der Waals surface area (Å²) < 4.78 is 0. The molecule has 0 aliphatic heterocycles. The van der Waals surface area contributed by atoms with Crippen LogP contribution in [0.1, 0.15) is 158 Å². The number of carboxylic acid groups (broad SMARTS) is 4. The molecule has 296 valence electrons. The second-order valence-electron chi connectivity index (χ2n) is 12.6. The predicted octanol–water partition coefficient (Wildman–Crippen LogP) is 7.09. The third-order valence-electron chi connectivity index (χ3n) is 7.84. The maximum absolute atomic E-state index is 10.5. The van der Waals surface area contributed by atoms with Crippen molar-refractivity contribution in [3.05, 3.63) is 0 Å². The van der Waals surface area contributed by atoms with Crippen molar-refractivity contribution in [2.75, 3.05) is 26.4 Å². The van der Waals surface area contributed by atoms with E-state index in [-0.39, 0.29) is 23.7 Å². The fourth-order valence-electron chi connectivity index (χ4n) is 4.65. The van der Waals surface area contributed by atoms with E-state index in [1.807, 2.05) is 55.4 Å². The van der Waals surface area contributed by atoms with E-state index in [4.69, 9.17) is 40.9 Å². The van der Waals surface area contributed by atoms with E-state index in [0.29, 0.717) is 0 Å². The third kappa shape index (κ3) is 35.4. The zero-order valence-electron chi connectivity index (χ0n) is 32.2. The third-order valence-corrected chi connectivity index (χ3v) is 7.84. The molecule has 0 aromatic rings. The lowest BCUT2D eigenvalue weighted by atomic mass is 9.93. The normalized spacial score (nSPS) is 10.6. The number of carboxylic acids is 4. The van der Waals surface area contributed by atoms with E-state index >= 15 is 0 Å². The molecule has 0 aromatic carbocycles. The highest BCUT2D eigenvalue weighted by molar-refractivity contribution is 5.70. The Hall–Kier alpha value is -2.28. The number of aliphatic hydroxyl groups is 4. The molecule has 8 N–H and O–H groups in total. The fourth-order valence-corrected chi connectivity index (χ4v) is 4.65. The number of aliphatic hydroxyl groups excluding tert-OH is 4. The Kier molecular flexibility index (Phi) is 46.0. The Bertz CT molecular complexity index is 610. The van der Waals surface area contributed by atoms with Crippen LogP contribution in [0, 0.1) is 29.1 Å². The van der Waals surface area contributed by atoms with Gasteiger partial charge >= 0.3 is 23.9 Å². The molecule has 0 aromatic heterocycles. The van der Waals surface area contributed by atoms with Gasteiger partial charge in [0.15, 0.2) is 0 Å². The van der Waals surface area contributed by atoms with Crippen molar-refractivity contribution < 1.29 is 60.0 Å². The van der Waals surface area contributed by atoms with Crippen molar-refractivity contribution in [3.8, 4) is 0 Å². The van der Waals surface area contributed by atoms with Crippen LogP contribution in [0.25, 0.3) is 0 Å². The summed E-state index contributed by atoms with van der Waals surface area (Å²) in [6.07, 6.45) is 14.3. The van der Waals surface area contributed by atoms with Crippen LogP contribution in [0.15, 0.2) is 0 Å². The average Bonchev–Trinajstić information content (AvgIpc) is 3.06. The molecule has 12 nitrogen and oxygen atoms in total. The molecular weight excluding hydrogens is 636 g/mol. The van der Waals surface area contributed by atoms with E-state index in [2.05, 4.69) is 0 Å². The van der Waals surface area contributed by atoms with Crippen LogP contribution >= 0.6 is 0 Å². The van der Waals surface area contributed by atoms with E-state index in [1.54, 1.807) is 0 Å². The second-order valence-corrected chi connectivity index (χ2v) is 12.6. The summed E-state index contributed by atoms with van der Waals surface area (Å²) in [6.45, 7) is 14.5. The van der Waals surface area contributed by atoms with E-state index < -0.39 is 55.7 Å². The molecule has 0 fully saturated rings. The zero-order chi connectivity index (χ0) is 39.3. The van der Waals surface area contributed by atoms with Gasteiger partial charge in [-0.25, -0.2) is 0 Å². The molecule has 49 heavy (non-hydrogen) atoms. The van der Waals surface area contributed by atoms with Crippen molar-refractivity contribution in [2.24, 2.45) is 29.1 Å². The van der Waals surface area contributed by atoms with E-state index in [9.17, 15) is 19.2 Å². The minimum Gasteiger partial charge on any atom is -0.481 e. The van der Waals surface area contributed by atoms with E-state index in [1.165, 1.54) is 0 Å². The zero-order valence-corrected chi connectivity index (χ0v) is 32.2. The molecule has 0 amide bonds. The van der Waals surface area contributed by atoms with Gasteiger partial charge in [-0.1, -0.05) is 107 Å². The maximum Gasteiger partial charge on any atom is 0.306 e. The van der Waals surface area contributed by atoms with Gasteiger partial charge in [-0.15, -0.1) is 0 Å². The molecule has 0 spiro atoms. The lowest BCUT2D eigenvalue weighted by molar-refractivity contribution is -0.143. The summed E-state index contributed by atoms with van der Waals surface area (Å²) in [5.74, 6) is -2.95. The summed E-state index contributed by atoms with van der Waals surface area (Å²) in [5.41, 5.74) is -1.11. The summed E-state index contributed by atoms with van der Waals surface area (Å²) in [5, 5.41) is 68.5. The lowest BCUT2D eigenvalue weighted by Crippen LogP contribution is -2.37. The first-order valence-corrected chi connectivity index (χ1v) is 18.5. The molecule has 0 saturated carbocycles. The van der Waals surface area contributed by atoms with E-state index in [0.717, 1.165) is 103 Å². The molecular formula is C37H76O12. The van der Waals surface area contributed by atoms with Gasteiger partial charge in [-0.2, -0.15) is 0 Å². The molecule has 0 unspecified atom stereocenters. The summed E-state index contributed by atoms with van der Waals surface area (Å²) in [7, 11) is 0. The van der Waals surface area contributed by atoms with Crippen LogP contribution < -0.4 is 0 Å². The number of carbonyl (C=O) groups is 4. The van der Waals surface area contributed by atoms with Crippen molar-refractivity contribution in [3.63, 3.8) is 0 Å². The molecule has 0 radical (unpaired) electrons. The Morgan fingerprint density at radius 2 is 0.469 bits per heavy atom. The Labute approximate surface area is 297 Å². The van der Waals surface area contributed by atoms with Gasteiger partial charge in [-0.3, -0.25) is 19.2 Å². The van der Waals surface area contributed by atoms with Crippen molar-refractivity contribution in [1.82, 2.24) is 0 Å². The lowest BCUT2D eigenvalue weighted by Gasteiger charge is -2.23. The van der Waals surface area contributed by atoms with Crippen molar-refractivity contribution >= 4 is 23.9 Å². The minimum atomic E-state index is -1.11. The van der Waals surface area contributed by atoms with Crippen molar-refractivity contribution in [1.29, 1.82) is 0 Å². The number of hydrogen-bond donors (Lipinski definition) is 8. The Morgan fingerprint density at radius 1 is 0.347 bits per heavy atom. The average molecular weight is 713 g/mol. The monoisotopic (exact) mass is 713 g/mol. The van der Waals surface area contributed by atoms with Crippen LogP contribution in [0.2, 0.25) is 0 Å². The quantitative estimate of drug-likeness (QED) is 0.0501. The van der Waals surface area contributed by atoms with Crippen LogP contribution in [-0.2, 0) is 19.2 Å². The highest BCUT2D eigenvalue weighted by Crippen LogP contribution is 2.15. The summed E-state index contributed by atoms with van der Waals surface area (Å²) in [4.78, 5) is 41.9. The first-order chi connectivity index (χ1) is 23.1. The van der Waals surface area contributed by atoms with Crippen LogP contribution in [-0.4, -0.2) is 91.2 Å². The molecule has 0 bridgehead atoms. The first kappa shape index (κ1) is 56.1. The number of rotatable bonds is 24. The van der Waals surface area contributed by atoms with Gasteiger partial charge < -0.3 is 40.9 Å². The van der Waals surface area contributed by atoms with Gasteiger partial charge in [0.05, 0.1) is 55.5 Å². The van der Waals surface area contributed by atoms with Gasteiger partial charge in [0, 0.05) is 0 Å². The maximum atomic E-state index is 10.5. The second kappa shape index (κ2) is 40.2. The molecule has 0 saturated heterocycles.